The molecular formula is C21H29NO4. The minimum atomic E-state index is -0.184. The second kappa shape index (κ2) is 6.76. The predicted octanol–water partition coefficient (Wildman–Crippen LogP) is 3.80. The van der Waals surface area contributed by atoms with Crippen LogP contribution in [0.1, 0.15) is 62.7 Å². The number of hydrogen-bond acceptors (Lipinski definition) is 4. The second-order valence-electron chi connectivity index (χ2n) is 7.73. The summed E-state index contributed by atoms with van der Waals surface area (Å²) < 4.78 is 17.3. The molecule has 0 aromatic heterocycles. The van der Waals surface area contributed by atoms with Gasteiger partial charge >= 0.3 is 0 Å². The molecule has 3 aliphatic rings. The van der Waals surface area contributed by atoms with E-state index in [4.69, 9.17) is 14.2 Å². The van der Waals surface area contributed by atoms with Crippen molar-refractivity contribution in [1.29, 1.82) is 0 Å². The van der Waals surface area contributed by atoms with Crippen LogP contribution >= 0.6 is 0 Å². The molecule has 26 heavy (non-hydrogen) atoms. The quantitative estimate of drug-likeness (QED) is 0.802. The van der Waals surface area contributed by atoms with Crippen molar-refractivity contribution in [2.75, 3.05) is 27.4 Å². The lowest BCUT2D eigenvalue weighted by Crippen LogP contribution is -2.53. The number of hydrogen-bond donors (Lipinski definition) is 0. The number of benzene rings is 1. The van der Waals surface area contributed by atoms with Crippen molar-refractivity contribution >= 4 is 5.91 Å². The van der Waals surface area contributed by atoms with Crippen molar-refractivity contribution < 1.29 is 19.0 Å². The highest BCUT2D eigenvalue weighted by molar-refractivity contribution is 5.82. The van der Waals surface area contributed by atoms with Gasteiger partial charge in [0.1, 0.15) is 6.10 Å². The van der Waals surface area contributed by atoms with E-state index in [1.165, 1.54) is 17.5 Å². The van der Waals surface area contributed by atoms with Crippen molar-refractivity contribution in [3.05, 3.63) is 23.3 Å². The second-order valence-corrected chi connectivity index (χ2v) is 7.73. The number of methoxy groups -OCH3 is 2. The molecule has 2 heterocycles. The lowest BCUT2D eigenvalue weighted by atomic mass is 9.66. The van der Waals surface area contributed by atoms with Crippen molar-refractivity contribution in [1.82, 2.24) is 4.90 Å². The normalized spacial score (nSPS) is 29.8. The van der Waals surface area contributed by atoms with E-state index in [0.29, 0.717) is 25.5 Å². The lowest BCUT2D eigenvalue weighted by molar-refractivity contribution is -0.137. The minimum Gasteiger partial charge on any atom is -0.493 e. The Morgan fingerprint density at radius 3 is 2.69 bits per heavy atom. The molecule has 1 amide bonds. The molecule has 5 heteroatoms. The summed E-state index contributed by atoms with van der Waals surface area (Å²) >= 11 is 0. The molecule has 1 aromatic rings. The molecule has 0 bridgehead atoms. The molecule has 1 aliphatic carbocycles. The maximum Gasteiger partial charge on any atom is 0.223 e. The van der Waals surface area contributed by atoms with E-state index in [2.05, 4.69) is 24.0 Å². The van der Waals surface area contributed by atoms with Gasteiger partial charge in [0.05, 0.1) is 26.3 Å². The summed E-state index contributed by atoms with van der Waals surface area (Å²) in [5, 5.41) is 0. The average Bonchev–Trinajstić information content (AvgIpc) is 2.97. The molecule has 5 nitrogen and oxygen atoms in total. The Balaban J connectivity index is 1.89. The van der Waals surface area contributed by atoms with Crippen molar-refractivity contribution in [3.63, 3.8) is 0 Å². The van der Waals surface area contributed by atoms with Crippen LogP contribution in [0.5, 0.6) is 11.5 Å². The third-order valence-corrected chi connectivity index (χ3v) is 6.48. The zero-order valence-corrected chi connectivity index (χ0v) is 16.0. The predicted molar refractivity (Wildman–Crippen MR) is 98.5 cm³/mol. The van der Waals surface area contributed by atoms with Crippen LogP contribution in [0.25, 0.3) is 0 Å². The number of ether oxygens (including phenoxy) is 3. The summed E-state index contributed by atoms with van der Waals surface area (Å²) in [7, 11) is 3.34. The van der Waals surface area contributed by atoms with E-state index in [1.807, 2.05) is 0 Å². The van der Waals surface area contributed by atoms with Crippen LogP contribution in [0.4, 0.5) is 0 Å². The number of nitrogens with zero attached hydrogens (tertiary/aromatic N) is 1. The van der Waals surface area contributed by atoms with Crippen LogP contribution in [-0.4, -0.2) is 38.2 Å². The van der Waals surface area contributed by atoms with Crippen LogP contribution in [-0.2, 0) is 15.1 Å². The Labute approximate surface area is 155 Å². The van der Waals surface area contributed by atoms with Gasteiger partial charge < -0.3 is 19.1 Å². The molecule has 2 aliphatic heterocycles. The highest BCUT2D eigenvalue weighted by Crippen LogP contribution is 2.58. The number of rotatable bonds is 5. The number of carbonyl (C=O) groups is 1. The third kappa shape index (κ3) is 2.43. The first-order chi connectivity index (χ1) is 12.7. The summed E-state index contributed by atoms with van der Waals surface area (Å²) in [6.07, 6.45) is 6.05. The molecule has 1 aromatic carbocycles. The lowest BCUT2D eigenvalue weighted by Gasteiger charge is -2.51. The monoisotopic (exact) mass is 359 g/mol. The van der Waals surface area contributed by atoms with E-state index >= 15 is 0 Å². The Morgan fingerprint density at radius 2 is 1.96 bits per heavy atom. The number of amides is 1. The van der Waals surface area contributed by atoms with Gasteiger partial charge in [0.15, 0.2) is 11.5 Å². The molecular weight excluding hydrogens is 330 g/mol. The fourth-order valence-electron chi connectivity index (χ4n) is 5.37. The van der Waals surface area contributed by atoms with E-state index in [1.54, 1.807) is 14.2 Å². The molecule has 4 rings (SSSR count). The Hall–Kier alpha value is -1.75. The zero-order valence-electron chi connectivity index (χ0n) is 16.0. The fourth-order valence-corrected chi connectivity index (χ4v) is 5.37. The van der Waals surface area contributed by atoms with Crippen LogP contribution in [0.15, 0.2) is 12.1 Å². The van der Waals surface area contributed by atoms with E-state index in [0.717, 1.165) is 37.2 Å². The first kappa shape index (κ1) is 17.7. The maximum absolute atomic E-state index is 12.9. The summed E-state index contributed by atoms with van der Waals surface area (Å²) in [5.74, 6) is 2.15. The molecule has 0 unspecified atom stereocenters. The first-order valence-corrected chi connectivity index (χ1v) is 9.84. The largest absolute Gasteiger partial charge is 0.493 e. The first-order valence-electron chi connectivity index (χ1n) is 9.84. The molecule has 0 N–H and O–H groups in total. The standard InChI is InChI=1S/C21H29NO4/c1-4-9-26-19-13-22-20(23)10-14-7-5-6-8-21(14,22)16-12-18(25-3)17(24-2)11-15(16)19/h11-12,14,19H,4-10,13H2,1-3H3/t14-,19+,21-/m0/s1. The summed E-state index contributed by atoms with van der Waals surface area (Å²) in [6.45, 7) is 3.45. The van der Waals surface area contributed by atoms with Gasteiger partial charge in [-0.3, -0.25) is 4.79 Å². The Bertz CT molecular complexity index is 703. The molecule has 142 valence electrons. The van der Waals surface area contributed by atoms with Gasteiger partial charge in [-0.2, -0.15) is 0 Å². The molecule has 1 spiro atoms. The molecule has 1 saturated heterocycles. The zero-order chi connectivity index (χ0) is 18.3. The summed E-state index contributed by atoms with van der Waals surface area (Å²) in [5.41, 5.74) is 2.21. The van der Waals surface area contributed by atoms with E-state index < -0.39 is 0 Å². The van der Waals surface area contributed by atoms with Gasteiger partial charge in [-0.25, -0.2) is 0 Å². The topological polar surface area (TPSA) is 48.0 Å². The van der Waals surface area contributed by atoms with Gasteiger partial charge in [-0.05, 0) is 48.4 Å². The van der Waals surface area contributed by atoms with Crippen molar-refractivity contribution in [3.8, 4) is 11.5 Å². The van der Waals surface area contributed by atoms with E-state index in [-0.39, 0.29) is 17.6 Å². The highest BCUT2D eigenvalue weighted by atomic mass is 16.5. The summed E-state index contributed by atoms with van der Waals surface area (Å²) in [4.78, 5) is 15.0. The van der Waals surface area contributed by atoms with Gasteiger partial charge in [-0.15, -0.1) is 0 Å². The van der Waals surface area contributed by atoms with Gasteiger partial charge in [0.25, 0.3) is 0 Å². The van der Waals surface area contributed by atoms with Gasteiger partial charge in [0, 0.05) is 13.0 Å². The van der Waals surface area contributed by atoms with Crippen molar-refractivity contribution in [2.24, 2.45) is 5.92 Å². The SMILES string of the molecule is CCCO[C@@H]1CN2C(=O)C[C@@H]3CCCC[C@@]32c2cc(OC)c(OC)cc21. The summed E-state index contributed by atoms with van der Waals surface area (Å²) in [6, 6.07) is 4.19. The minimum absolute atomic E-state index is 0.0972. The number of carbonyl (C=O) groups excluding carboxylic acids is 1. The third-order valence-electron chi connectivity index (χ3n) is 6.48. The molecule has 3 atom stereocenters. The highest BCUT2D eigenvalue weighted by Gasteiger charge is 2.58. The van der Waals surface area contributed by atoms with Crippen molar-refractivity contribution in [2.45, 2.75) is 57.1 Å². The van der Waals surface area contributed by atoms with Gasteiger partial charge in [-0.1, -0.05) is 19.8 Å². The van der Waals surface area contributed by atoms with Crippen LogP contribution in [0.2, 0.25) is 0 Å². The smallest absolute Gasteiger partial charge is 0.223 e. The van der Waals surface area contributed by atoms with Crippen LogP contribution in [0, 0.1) is 5.92 Å². The van der Waals surface area contributed by atoms with E-state index in [9.17, 15) is 4.79 Å². The van der Waals surface area contributed by atoms with Gasteiger partial charge in [0.2, 0.25) is 5.91 Å². The average molecular weight is 359 g/mol. The van der Waals surface area contributed by atoms with Crippen LogP contribution < -0.4 is 9.47 Å². The molecule has 1 saturated carbocycles. The molecule has 0 radical (unpaired) electrons. The Kier molecular flexibility index (Phi) is 4.59. The fraction of sp³-hybridized carbons (Fsp3) is 0.667. The molecule has 2 fully saturated rings. The Morgan fingerprint density at radius 1 is 1.19 bits per heavy atom. The maximum atomic E-state index is 12.9. The van der Waals surface area contributed by atoms with Crippen LogP contribution in [0.3, 0.4) is 0 Å². The number of fused-ring (bicyclic) bond motifs is 1.